The predicted octanol–water partition coefficient (Wildman–Crippen LogP) is 6.58. The number of benzene rings is 3. The van der Waals surface area contributed by atoms with Gasteiger partial charge in [0.05, 0.1) is 41.0 Å². The monoisotopic (exact) mass is 944 g/mol. The van der Waals surface area contributed by atoms with E-state index in [2.05, 4.69) is 14.6 Å². The molecule has 2 unspecified atom stereocenters. The number of rotatable bonds is 13. The molecule has 16 nitrogen and oxygen atoms in total. The number of carbonyl (C=O) groups excluding carboxylic acids is 3. The van der Waals surface area contributed by atoms with Gasteiger partial charge in [-0.25, -0.2) is 27.8 Å². The normalized spacial score (nSPS) is 19.0. The topological polar surface area (TPSA) is 188 Å². The van der Waals surface area contributed by atoms with Gasteiger partial charge in [-0.1, -0.05) is 50.1 Å². The quantitative estimate of drug-likeness (QED) is 0.0970. The highest BCUT2D eigenvalue weighted by Gasteiger charge is 2.50. The van der Waals surface area contributed by atoms with Crippen molar-refractivity contribution >= 4 is 45.2 Å². The molecule has 4 aliphatic heterocycles. The van der Waals surface area contributed by atoms with E-state index in [1.54, 1.807) is 71.0 Å². The molecular formula is C51H56N6O10S. The van der Waals surface area contributed by atoms with Gasteiger partial charge in [-0.2, -0.15) is 4.72 Å². The van der Waals surface area contributed by atoms with Crippen molar-refractivity contribution in [2.45, 2.75) is 108 Å². The summed E-state index contributed by atoms with van der Waals surface area (Å²) < 4.78 is 54.0. The Hall–Kier alpha value is -6.43. The SMILES string of the molecule is CCc1c2c(nc3ccc(OC(=O)N4CCC(N5CCCCC5)CC4)cc13)-c1cc3c(c(=O)n1C2)COC(=O)C3(CC)OC(=O)C=NC(Cc1ccc(OC)cc1)NS(=O)(=O)c1ccc(C)cc1. The molecule has 4 aliphatic rings. The largest absolute Gasteiger partial charge is 0.497 e. The average molecular weight is 945 g/mol. The second kappa shape index (κ2) is 19.3. The first kappa shape index (κ1) is 46.7. The smallest absolute Gasteiger partial charge is 0.415 e. The fraction of sp³-hybridized carbons (Fsp3) is 0.412. The predicted molar refractivity (Wildman–Crippen MR) is 254 cm³/mol. The van der Waals surface area contributed by atoms with Gasteiger partial charge in [-0.3, -0.25) is 9.79 Å². The molecule has 0 spiro atoms. The van der Waals surface area contributed by atoms with E-state index in [4.69, 9.17) is 23.9 Å². The van der Waals surface area contributed by atoms with Gasteiger partial charge in [-0.15, -0.1) is 0 Å². The molecule has 9 rings (SSSR count). The Balaban J connectivity index is 0.975. The molecule has 2 aromatic heterocycles. The summed E-state index contributed by atoms with van der Waals surface area (Å²) in [6, 6.07) is 20.8. The fourth-order valence-electron chi connectivity index (χ4n) is 10.1. The molecule has 17 heteroatoms. The van der Waals surface area contributed by atoms with Crippen LogP contribution in [0.1, 0.15) is 85.8 Å². The summed E-state index contributed by atoms with van der Waals surface area (Å²) in [4.78, 5) is 69.3. The Morgan fingerprint density at radius 3 is 2.35 bits per heavy atom. The Labute approximate surface area is 395 Å². The Morgan fingerprint density at radius 2 is 1.66 bits per heavy atom. The number of likely N-dealkylation sites (tertiary alicyclic amines) is 2. The van der Waals surface area contributed by atoms with E-state index in [9.17, 15) is 27.6 Å². The van der Waals surface area contributed by atoms with Crippen LogP contribution in [0.2, 0.25) is 0 Å². The number of amides is 1. The van der Waals surface area contributed by atoms with Crippen LogP contribution in [0.15, 0.2) is 87.5 Å². The maximum atomic E-state index is 14.4. The number of hydrogen-bond donors (Lipinski definition) is 1. The van der Waals surface area contributed by atoms with Gasteiger partial charge < -0.3 is 33.3 Å². The van der Waals surface area contributed by atoms with Gasteiger partial charge in [-0.05, 0) is 118 Å². The number of aryl methyl sites for hydroxylation is 2. The summed E-state index contributed by atoms with van der Waals surface area (Å²) in [6.07, 6.45) is 5.45. The number of esters is 2. The van der Waals surface area contributed by atoms with Crippen molar-refractivity contribution in [1.29, 1.82) is 0 Å². The number of methoxy groups -OCH3 is 1. The molecule has 68 heavy (non-hydrogen) atoms. The highest BCUT2D eigenvalue weighted by atomic mass is 32.2. The second-order valence-electron chi connectivity index (χ2n) is 17.9. The van der Waals surface area contributed by atoms with Gasteiger partial charge in [0.1, 0.15) is 30.5 Å². The zero-order valence-corrected chi connectivity index (χ0v) is 39.6. The van der Waals surface area contributed by atoms with Gasteiger partial charge in [0.15, 0.2) is 0 Å². The molecule has 356 valence electrons. The van der Waals surface area contributed by atoms with Gasteiger partial charge in [0.25, 0.3) is 5.56 Å². The molecule has 3 aromatic carbocycles. The number of piperidine rings is 2. The Bertz CT molecular complexity index is 2960. The average Bonchev–Trinajstić information content (AvgIpc) is 3.72. The maximum absolute atomic E-state index is 14.4. The van der Waals surface area contributed by atoms with Gasteiger partial charge in [0, 0.05) is 42.1 Å². The number of fused-ring (bicyclic) bond motifs is 5. The van der Waals surface area contributed by atoms with Crippen LogP contribution < -0.4 is 19.8 Å². The first-order chi connectivity index (χ1) is 32.8. The first-order valence-corrected chi connectivity index (χ1v) is 24.9. The minimum absolute atomic E-state index is 0.0144. The molecule has 5 aromatic rings. The van der Waals surface area contributed by atoms with E-state index in [-0.39, 0.29) is 48.1 Å². The molecule has 2 saturated heterocycles. The molecule has 0 saturated carbocycles. The van der Waals surface area contributed by atoms with Crippen LogP contribution >= 0.6 is 0 Å². The fourth-order valence-corrected chi connectivity index (χ4v) is 11.2. The van der Waals surface area contributed by atoms with Crippen molar-refractivity contribution in [1.82, 2.24) is 24.1 Å². The molecule has 1 N–H and O–H groups in total. The van der Waals surface area contributed by atoms with Crippen molar-refractivity contribution < 1.29 is 41.7 Å². The summed E-state index contributed by atoms with van der Waals surface area (Å²) in [6.45, 7) is 8.93. The summed E-state index contributed by atoms with van der Waals surface area (Å²) in [5, 5.41) is 0.798. The van der Waals surface area contributed by atoms with Crippen LogP contribution in [0.4, 0.5) is 4.79 Å². The summed E-state index contributed by atoms with van der Waals surface area (Å²) in [7, 11) is -2.57. The molecular weight excluding hydrogens is 889 g/mol. The number of aromatic nitrogens is 2. The summed E-state index contributed by atoms with van der Waals surface area (Å²) in [5.41, 5.74) is 2.85. The van der Waals surface area contributed by atoms with Crippen LogP contribution in [0.5, 0.6) is 11.5 Å². The van der Waals surface area contributed by atoms with Crippen LogP contribution in [0.3, 0.4) is 0 Å². The highest BCUT2D eigenvalue weighted by molar-refractivity contribution is 7.89. The minimum Gasteiger partial charge on any atom is -0.497 e. The lowest BCUT2D eigenvalue weighted by molar-refractivity contribution is -0.185. The molecule has 0 bridgehead atoms. The first-order valence-electron chi connectivity index (χ1n) is 23.4. The van der Waals surface area contributed by atoms with E-state index in [1.807, 2.05) is 19.9 Å². The summed E-state index contributed by atoms with van der Waals surface area (Å²) in [5.74, 6) is -0.902. The lowest BCUT2D eigenvalue weighted by atomic mass is 9.85. The van der Waals surface area contributed by atoms with E-state index in [0.717, 1.165) is 54.2 Å². The second-order valence-corrected chi connectivity index (χ2v) is 19.6. The number of aliphatic imine (C=N–C) groups is 1. The third-order valence-corrected chi connectivity index (χ3v) is 15.3. The minimum atomic E-state index is -4.10. The van der Waals surface area contributed by atoms with E-state index >= 15 is 0 Å². The number of pyridine rings is 2. The number of carbonyl (C=O) groups is 3. The number of nitrogens with one attached hydrogen (secondary N) is 1. The molecule has 2 atom stereocenters. The lowest BCUT2D eigenvalue weighted by Crippen LogP contribution is -2.48. The van der Waals surface area contributed by atoms with E-state index < -0.39 is 39.3 Å². The molecule has 1 amide bonds. The highest BCUT2D eigenvalue weighted by Crippen LogP contribution is 2.42. The molecule has 0 aliphatic carbocycles. The number of sulfonamides is 1. The van der Waals surface area contributed by atoms with Crippen LogP contribution in [-0.4, -0.2) is 97.5 Å². The maximum Gasteiger partial charge on any atom is 0.415 e. The Kier molecular flexibility index (Phi) is 13.2. The third kappa shape index (κ3) is 9.13. The molecule has 2 fully saturated rings. The molecule has 6 heterocycles. The Morgan fingerprint density at radius 1 is 0.941 bits per heavy atom. The van der Waals surface area contributed by atoms with Crippen molar-refractivity contribution in [3.05, 3.63) is 117 Å². The van der Waals surface area contributed by atoms with Crippen LogP contribution in [-0.2, 0) is 60.7 Å². The molecule has 0 radical (unpaired) electrons. The van der Waals surface area contributed by atoms with Crippen molar-refractivity contribution in [2.75, 3.05) is 33.3 Å². The number of nitrogens with zero attached hydrogens (tertiary/aromatic N) is 5. The van der Waals surface area contributed by atoms with Crippen LogP contribution in [0, 0.1) is 6.92 Å². The van der Waals surface area contributed by atoms with E-state index in [0.29, 0.717) is 59.5 Å². The number of ether oxygens (including phenoxy) is 4. The number of cyclic esters (lactones) is 1. The number of hydrogen-bond acceptors (Lipinski definition) is 13. The van der Waals surface area contributed by atoms with Crippen molar-refractivity contribution in [3.8, 4) is 22.9 Å². The van der Waals surface area contributed by atoms with Crippen molar-refractivity contribution in [3.63, 3.8) is 0 Å². The lowest BCUT2D eigenvalue weighted by Gasteiger charge is -2.39. The van der Waals surface area contributed by atoms with Crippen LogP contribution in [0.25, 0.3) is 22.3 Å². The van der Waals surface area contributed by atoms with Gasteiger partial charge >= 0.3 is 18.0 Å². The van der Waals surface area contributed by atoms with E-state index in [1.165, 1.54) is 38.5 Å². The zero-order chi connectivity index (χ0) is 47.7. The zero-order valence-electron chi connectivity index (χ0n) is 38.8. The summed E-state index contributed by atoms with van der Waals surface area (Å²) >= 11 is 0. The van der Waals surface area contributed by atoms with Crippen molar-refractivity contribution in [2.24, 2.45) is 4.99 Å². The van der Waals surface area contributed by atoms with Gasteiger partial charge in [0.2, 0.25) is 15.6 Å². The standard InChI is InChI=1S/C51H56N6O10S/c1-5-38-39-27-36(66-50(61)56-24-20-34(21-25-56)55-22-8-7-9-23-55)16-19-43(39)53-47-40(38)30-57-44(47)28-42-41(48(57)59)31-65-49(60)51(42,6-2)67-46(58)29-52-45(26-33-12-14-35(64-4)15-13-33)54-68(62,63)37-17-10-32(3)11-18-37/h10-19,27-29,34,45,54H,5-9,20-26,30-31H2,1-4H3. The third-order valence-electron chi connectivity index (χ3n) is 13.8.